The Labute approximate surface area is 276 Å². The van der Waals surface area contributed by atoms with Gasteiger partial charge in [0.2, 0.25) is 11.8 Å². The summed E-state index contributed by atoms with van der Waals surface area (Å²) in [6.07, 6.45) is -2.95. The fourth-order valence-corrected chi connectivity index (χ4v) is 6.34. The number of hydrogen-bond acceptors (Lipinski definition) is 11. The van der Waals surface area contributed by atoms with Gasteiger partial charge in [0.1, 0.15) is 24.4 Å². The fraction of sp³-hybridized carbons (Fsp3) is 0.727. The van der Waals surface area contributed by atoms with Crippen molar-refractivity contribution in [3.63, 3.8) is 0 Å². The van der Waals surface area contributed by atoms with Crippen LogP contribution in [0.2, 0.25) is 0 Å². The van der Waals surface area contributed by atoms with Crippen molar-refractivity contribution in [2.24, 2.45) is 0 Å². The maximum atomic E-state index is 12.9. The summed E-state index contributed by atoms with van der Waals surface area (Å²) in [5.41, 5.74) is -1.11. The molecule has 266 valence electrons. The molecule has 2 amide bonds. The Kier molecular flexibility index (Phi) is 15.9. The highest BCUT2D eigenvalue weighted by Gasteiger charge is 2.54. The van der Waals surface area contributed by atoms with E-state index in [0.717, 1.165) is 37.9 Å². The molecule has 2 aliphatic rings. The van der Waals surface area contributed by atoms with Crippen molar-refractivity contribution in [3.8, 4) is 0 Å². The van der Waals surface area contributed by atoms with Crippen molar-refractivity contribution in [1.82, 2.24) is 15.5 Å². The molecular formula is C33H53N3O11. The molecule has 0 bridgehead atoms. The van der Waals surface area contributed by atoms with Gasteiger partial charge in [0.05, 0.1) is 38.0 Å². The lowest BCUT2D eigenvalue weighted by Gasteiger charge is -2.47. The van der Waals surface area contributed by atoms with E-state index >= 15 is 0 Å². The Hall–Kier alpha value is -2.69. The third-order valence-corrected chi connectivity index (χ3v) is 9.01. The van der Waals surface area contributed by atoms with Crippen LogP contribution in [-0.2, 0) is 23.9 Å². The first kappa shape index (κ1) is 38.8. The second-order valence-electron chi connectivity index (χ2n) is 12.7. The minimum absolute atomic E-state index is 0.0291. The van der Waals surface area contributed by atoms with E-state index < -0.39 is 66.7 Å². The van der Waals surface area contributed by atoms with E-state index in [0.29, 0.717) is 45.4 Å². The number of amides is 2. The summed E-state index contributed by atoms with van der Waals surface area (Å²) in [6, 6.07) is 7.63. The molecule has 2 aliphatic heterocycles. The van der Waals surface area contributed by atoms with Gasteiger partial charge in [0.15, 0.2) is 5.60 Å². The molecule has 1 unspecified atom stereocenters. The number of benzene rings is 1. The SMILES string of the molecule is CC(=O)N[C@H]1[C@H]([C@H](O)[C@H](O)CO)OC(CCCCCCCCC(=O)N[C@@H](CN2CCOCC2)[C@@H](O)c2ccccc2)(C(=O)O)C[C@@H]1O. The van der Waals surface area contributed by atoms with Crippen molar-refractivity contribution >= 4 is 17.8 Å². The molecule has 14 nitrogen and oxygen atoms in total. The Balaban J connectivity index is 1.44. The summed E-state index contributed by atoms with van der Waals surface area (Å²) in [4.78, 5) is 39.1. The van der Waals surface area contributed by atoms with Crippen molar-refractivity contribution in [2.45, 2.75) is 113 Å². The first-order chi connectivity index (χ1) is 22.5. The fourth-order valence-electron chi connectivity index (χ4n) is 6.34. The molecule has 2 fully saturated rings. The Bertz CT molecular complexity index is 1110. The molecule has 8 atom stereocenters. The molecule has 3 rings (SSSR count). The van der Waals surface area contributed by atoms with Crippen LogP contribution in [0.25, 0.3) is 0 Å². The molecule has 0 aliphatic carbocycles. The Morgan fingerprint density at radius 1 is 1.00 bits per heavy atom. The van der Waals surface area contributed by atoms with Crippen LogP contribution in [0.1, 0.15) is 76.4 Å². The third-order valence-electron chi connectivity index (χ3n) is 9.01. The van der Waals surface area contributed by atoms with Gasteiger partial charge in [-0.15, -0.1) is 0 Å². The number of carboxylic acids is 1. The first-order valence-electron chi connectivity index (χ1n) is 16.6. The summed E-state index contributed by atoms with van der Waals surface area (Å²) >= 11 is 0. The minimum atomic E-state index is -1.85. The van der Waals surface area contributed by atoms with E-state index in [4.69, 9.17) is 9.47 Å². The molecule has 2 heterocycles. The number of carbonyl (C=O) groups is 3. The molecule has 0 radical (unpaired) electrons. The maximum Gasteiger partial charge on any atom is 0.336 e. The van der Waals surface area contributed by atoms with Gasteiger partial charge in [-0.3, -0.25) is 14.5 Å². The van der Waals surface area contributed by atoms with Crippen LogP contribution in [-0.4, -0.2) is 135 Å². The predicted octanol–water partition coefficient (Wildman–Crippen LogP) is -0.150. The number of hydrogen-bond donors (Lipinski definition) is 8. The summed E-state index contributed by atoms with van der Waals surface area (Å²) < 4.78 is 11.3. The standard InChI is InChI=1S/C33H53N3O11/c1-22(38)34-28-25(39)19-33(32(44)45,47-31(28)30(43)26(40)21-37)14-10-5-3-2-4-9-13-27(41)35-24(20-36-15-17-46-18-16-36)29(42)23-11-7-6-8-12-23/h6-8,11-12,24-26,28-31,37,39-40,42-43H,2-5,9-10,13-21H2,1H3,(H,34,38)(H,35,41)(H,44,45)/t24-,25-,26+,28+,29-,30+,31+,33?/m0/s1. The molecule has 1 aromatic carbocycles. The first-order valence-corrected chi connectivity index (χ1v) is 16.6. The normalized spacial score (nSPS) is 26.1. The maximum absolute atomic E-state index is 12.9. The number of unbranched alkanes of at least 4 members (excludes halogenated alkanes) is 5. The number of aliphatic carboxylic acids is 1. The number of morpholine rings is 1. The summed E-state index contributed by atoms with van der Waals surface area (Å²) in [7, 11) is 0. The quantitative estimate of drug-likeness (QED) is 0.0904. The summed E-state index contributed by atoms with van der Waals surface area (Å²) in [5.74, 6) is -2.00. The van der Waals surface area contributed by atoms with Crippen LogP contribution in [0.5, 0.6) is 0 Å². The van der Waals surface area contributed by atoms with Gasteiger partial charge in [0, 0.05) is 39.4 Å². The molecular weight excluding hydrogens is 614 g/mol. The van der Waals surface area contributed by atoms with E-state index in [1.165, 1.54) is 6.92 Å². The lowest BCUT2D eigenvalue weighted by molar-refractivity contribution is -0.231. The van der Waals surface area contributed by atoms with Crippen molar-refractivity contribution in [1.29, 1.82) is 0 Å². The summed E-state index contributed by atoms with van der Waals surface area (Å²) in [6.45, 7) is 3.60. The average molecular weight is 668 g/mol. The van der Waals surface area contributed by atoms with Crippen molar-refractivity contribution in [3.05, 3.63) is 35.9 Å². The number of aliphatic hydroxyl groups is 5. The van der Waals surface area contributed by atoms with Crippen molar-refractivity contribution < 1.29 is 54.5 Å². The summed E-state index contributed by atoms with van der Waals surface area (Å²) in [5, 5.41) is 67.2. The third kappa shape index (κ3) is 11.8. The van der Waals surface area contributed by atoms with Crippen molar-refractivity contribution in [2.75, 3.05) is 39.5 Å². The van der Waals surface area contributed by atoms with Gasteiger partial charge in [-0.05, 0) is 24.8 Å². The van der Waals surface area contributed by atoms with Gasteiger partial charge in [0.25, 0.3) is 0 Å². The van der Waals surface area contributed by atoms with Gasteiger partial charge in [-0.2, -0.15) is 0 Å². The number of carboxylic acid groups (broad SMARTS) is 1. The molecule has 0 saturated carbocycles. The van der Waals surface area contributed by atoms with E-state index in [-0.39, 0.29) is 18.7 Å². The molecule has 2 saturated heterocycles. The smallest absolute Gasteiger partial charge is 0.336 e. The molecule has 0 aromatic heterocycles. The highest BCUT2D eigenvalue weighted by Crippen LogP contribution is 2.36. The zero-order chi connectivity index (χ0) is 34.4. The lowest BCUT2D eigenvalue weighted by atomic mass is 9.81. The molecule has 1 aromatic rings. The number of ether oxygens (including phenoxy) is 2. The number of aliphatic hydroxyl groups excluding tert-OH is 5. The molecule has 8 N–H and O–H groups in total. The van der Waals surface area contributed by atoms with Gasteiger partial charge >= 0.3 is 5.97 Å². The van der Waals surface area contributed by atoms with Gasteiger partial charge in [-0.1, -0.05) is 56.0 Å². The van der Waals surface area contributed by atoms with E-state index in [1.54, 1.807) is 0 Å². The van der Waals surface area contributed by atoms with Crippen LogP contribution in [0, 0.1) is 0 Å². The number of rotatable bonds is 19. The van der Waals surface area contributed by atoms with Crippen LogP contribution in [0.15, 0.2) is 30.3 Å². The van der Waals surface area contributed by atoms with E-state index in [2.05, 4.69) is 15.5 Å². The van der Waals surface area contributed by atoms with E-state index in [9.17, 15) is 45.0 Å². The van der Waals surface area contributed by atoms with Crippen LogP contribution in [0.3, 0.4) is 0 Å². The zero-order valence-corrected chi connectivity index (χ0v) is 27.2. The second kappa shape index (κ2) is 19.3. The Morgan fingerprint density at radius 3 is 2.26 bits per heavy atom. The predicted molar refractivity (Wildman–Crippen MR) is 170 cm³/mol. The monoisotopic (exact) mass is 667 g/mol. The van der Waals surface area contributed by atoms with Crippen LogP contribution < -0.4 is 10.6 Å². The average Bonchev–Trinajstić information content (AvgIpc) is 3.06. The number of nitrogens with one attached hydrogen (secondary N) is 2. The second-order valence-corrected chi connectivity index (χ2v) is 12.7. The number of carbonyl (C=O) groups excluding carboxylic acids is 2. The van der Waals surface area contributed by atoms with Crippen LogP contribution in [0.4, 0.5) is 0 Å². The van der Waals surface area contributed by atoms with Crippen LogP contribution >= 0.6 is 0 Å². The Morgan fingerprint density at radius 2 is 1.64 bits per heavy atom. The van der Waals surface area contributed by atoms with E-state index in [1.807, 2.05) is 30.3 Å². The topological polar surface area (TPSA) is 218 Å². The zero-order valence-electron chi connectivity index (χ0n) is 27.2. The molecule has 47 heavy (non-hydrogen) atoms. The highest BCUT2D eigenvalue weighted by molar-refractivity contribution is 5.78. The van der Waals surface area contributed by atoms with Gasteiger partial charge in [-0.25, -0.2) is 4.79 Å². The number of nitrogens with zero attached hydrogens (tertiary/aromatic N) is 1. The minimum Gasteiger partial charge on any atom is -0.479 e. The molecule has 0 spiro atoms. The van der Waals surface area contributed by atoms with Gasteiger partial charge < -0.3 is 50.7 Å². The highest BCUT2D eigenvalue weighted by atomic mass is 16.6. The lowest BCUT2D eigenvalue weighted by Crippen LogP contribution is -2.67. The molecule has 14 heteroatoms. The largest absolute Gasteiger partial charge is 0.479 e.